The van der Waals surface area contributed by atoms with E-state index in [1.807, 2.05) is 6.07 Å². The SMILES string of the molecule is COC(=O)c1ccc(N2CCCC2)c(NC(=O)N(C)CCCO)c1. The molecular weight excluding hydrogens is 310 g/mol. The molecule has 2 amide bonds. The number of amides is 2. The number of methoxy groups -OCH3 is 1. The molecule has 0 unspecified atom stereocenters. The Hall–Kier alpha value is -2.28. The zero-order valence-corrected chi connectivity index (χ0v) is 14.2. The van der Waals surface area contributed by atoms with Gasteiger partial charge in [0, 0.05) is 33.3 Å². The van der Waals surface area contributed by atoms with Crippen molar-refractivity contribution in [3.8, 4) is 0 Å². The topological polar surface area (TPSA) is 82.1 Å². The molecular formula is C17H25N3O4. The van der Waals surface area contributed by atoms with E-state index >= 15 is 0 Å². The Labute approximate surface area is 142 Å². The predicted molar refractivity (Wildman–Crippen MR) is 92.6 cm³/mol. The standard InChI is InChI=1S/C17H25N3O4/c1-19(8-5-11-21)17(23)18-14-12-13(16(22)24-2)6-7-15(14)20-9-3-4-10-20/h6-7,12,21H,3-5,8-11H2,1-2H3,(H,18,23). The van der Waals surface area contributed by atoms with Gasteiger partial charge in [-0.3, -0.25) is 0 Å². The number of esters is 1. The maximum Gasteiger partial charge on any atom is 0.337 e. The molecule has 24 heavy (non-hydrogen) atoms. The van der Waals surface area contributed by atoms with Crippen LogP contribution in [0.4, 0.5) is 16.2 Å². The zero-order chi connectivity index (χ0) is 17.5. The Bertz CT molecular complexity index is 585. The number of aliphatic hydroxyl groups excluding tert-OH is 1. The van der Waals surface area contributed by atoms with Crippen molar-refractivity contribution in [2.24, 2.45) is 0 Å². The van der Waals surface area contributed by atoms with Crippen molar-refractivity contribution in [1.29, 1.82) is 0 Å². The fourth-order valence-electron chi connectivity index (χ4n) is 2.73. The van der Waals surface area contributed by atoms with Crippen LogP contribution in [0.3, 0.4) is 0 Å². The molecule has 1 aliphatic heterocycles. The average Bonchev–Trinajstić information content (AvgIpc) is 3.13. The van der Waals surface area contributed by atoms with Crippen LogP contribution >= 0.6 is 0 Å². The van der Waals surface area contributed by atoms with Gasteiger partial charge in [0.05, 0.1) is 24.0 Å². The molecule has 0 bridgehead atoms. The van der Waals surface area contributed by atoms with E-state index in [1.54, 1.807) is 19.2 Å². The van der Waals surface area contributed by atoms with Crippen LogP contribution in [0.2, 0.25) is 0 Å². The highest BCUT2D eigenvalue weighted by atomic mass is 16.5. The number of hydrogen-bond acceptors (Lipinski definition) is 5. The fourth-order valence-corrected chi connectivity index (χ4v) is 2.73. The van der Waals surface area contributed by atoms with Crippen LogP contribution < -0.4 is 10.2 Å². The number of urea groups is 1. The van der Waals surface area contributed by atoms with E-state index in [2.05, 4.69) is 10.2 Å². The lowest BCUT2D eigenvalue weighted by Crippen LogP contribution is -2.33. The Balaban J connectivity index is 2.22. The summed E-state index contributed by atoms with van der Waals surface area (Å²) in [6.07, 6.45) is 2.75. The third-order valence-electron chi connectivity index (χ3n) is 4.10. The monoisotopic (exact) mass is 335 g/mol. The summed E-state index contributed by atoms with van der Waals surface area (Å²) >= 11 is 0. The molecule has 0 aromatic heterocycles. The van der Waals surface area contributed by atoms with Crippen molar-refractivity contribution < 1.29 is 19.4 Å². The highest BCUT2D eigenvalue weighted by Crippen LogP contribution is 2.30. The van der Waals surface area contributed by atoms with Crippen LogP contribution in [0, 0.1) is 0 Å². The van der Waals surface area contributed by atoms with Crippen molar-refractivity contribution in [1.82, 2.24) is 4.90 Å². The van der Waals surface area contributed by atoms with Crippen LogP contribution in [0.1, 0.15) is 29.6 Å². The lowest BCUT2D eigenvalue weighted by atomic mass is 10.1. The summed E-state index contributed by atoms with van der Waals surface area (Å²) in [6.45, 7) is 2.36. The zero-order valence-electron chi connectivity index (χ0n) is 14.2. The van der Waals surface area contributed by atoms with E-state index in [1.165, 1.54) is 12.0 Å². The number of carbonyl (C=O) groups is 2. The van der Waals surface area contributed by atoms with Gasteiger partial charge in [-0.15, -0.1) is 0 Å². The second kappa shape index (κ2) is 8.54. The normalized spacial score (nSPS) is 13.7. The van der Waals surface area contributed by atoms with Crippen molar-refractivity contribution in [3.05, 3.63) is 23.8 Å². The van der Waals surface area contributed by atoms with Crippen LogP contribution in [-0.4, -0.2) is 62.4 Å². The minimum atomic E-state index is -0.438. The van der Waals surface area contributed by atoms with Gasteiger partial charge in [0.2, 0.25) is 0 Å². The summed E-state index contributed by atoms with van der Waals surface area (Å²) in [5.41, 5.74) is 1.90. The first-order valence-electron chi connectivity index (χ1n) is 8.17. The van der Waals surface area contributed by atoms with Gasteiger partial charge < -0.3 is 25.0 Å². The molecule has 7 heteroatoms. The minimum absolute atomic E-state index is 0.0362. The highest BCUT2D eigenvalue weighted by Gasteiger charge is 2.20. The van der Waals surface area contributed by atoms with Crippen molar-refractivity contribution in [2.75, 3.05) is 50.6 Å². The summed E-state index contributed by atoms with van der Waals surface area (Å²) in [7, 11) is 3.00. The number of benzene rings is 1. The molecule has 7 nitrogen and oxygen atoms in total. The summed E-state index contributed by atoms with van der Waals surface area (Å²) in [5.74, 6) is -0.438. The van der Waals surface area contributed by atoms with E-state index in [4.69, 9.17) is 9.84 Å². The summed E-state index contributed by atoms with van der Waals surface area (Å²) in [4.78, 5) is 27.8. The number of aliphatic hydroxyl groups is 1. The van der Waals surface area contributed by atoms with Crippen LogP contribution in [0.25, 0.3) is 0 Å². The minimum Gasteiger partial charge on any atom is -0.465 e. The predicted octanol–water partition coefficient (Wildman–Crippen LogP) is 1.92. The average molecular weight is 335 g/mol. The maximum atomic E-state index is 12.3. The maximum absolute atomic E-state index is 12.3. The third kappa shape index (κ3) is 4.38. The van der Waals surface area contributed by atoms with Crippen LogP contribution in [0.15, 0.2) is 18.2 Å². The molecule has 0 atom stereocenters. The van der Waals surface area contributed by atoms with Gasteiger partial charge in [-0.2, -0.15) is 0 Å². The molecule has 0 aliphatic carbocycles. The van der Waals surface area contributed by atoms with Gasteiger partial charge >= 0.3 is 12.0 Å². The van der Waals surface area contributed by atoms with E-state index < -0.39 is 5.97 Å². The van der Waals surface area contributed by atoms with E-state index in [0.29, 0.717) is 24.2 Å². The molecule has 2 N–H and O–H groups in total. The van der Waals surface area contributed by atoms with Gasteiger partial charge in [-0.25, -0.2) is 9.59 Å². The van der Waals surface area contributed by atoms with Gasteiger partial charge in [0.15, 0.2) is 0 Å². The molecule has 0 saturated carbocycles. The summed E-state index contributed by atoms with van der Waals surface area (Å²) < 4.78 is 4.76. The van der Waals surface area contributed by atoms with Crippen molar-refractivity contribution in [2.45, 2.75) is 19.3 Å². The molecule has 1 saturated heterocycles. The van der Waals surface area contributed by atoms with E-state index in [-0.39, 0.29) is 12.6 Å². The van der Waals surface area contributed by atoms with E-state index in [9.17, 15) is 9.59 Å². The number of ether oxygens (including phenoxy) is 1. The molecule has 1 aromatic rings. The third-order valence-corrected chi connectivity index (χ3v) is 4.10. The Morgan fingerprint density at radius 2 is 2.04 bits per heavy atom. The molecule has 0 spiro atoms. The van der Waals surface area contributed by atoms with Crippen LogP contribution in [-0.2, 0) is 4.74 Å². The van der Waals surface area contributed by atoms with E-state index in [0.717, 1.165) is 31.6 Å². The lowest BCUT2D eigenvalue weighted by molar-refractivity contribution is 0.0600. The van der Waals surface area contributed by atoms with Gasteiger partial charge in [0.1, 0.15) is 0 Å². The number of hydrogen-bond donors (Lipinski definition) is 2. The Morgan fingerprint density at radius 1 is 1.33 bits per heavy atom. The molecule has 2 rings (SSSR count). The number of nitrogens with zero attached hydrogens (tertiary/aromatic N) is 2. The fraction of sp³-hybridized carbons (Fsp3) is 0.529. The number of rotatable bonds is 6. The smallest absolute Gasteiger partial charge is 0.337 e. The van der Waals surface area contributed by atoms with Gasteiger partial charge in [-0.1, -0.05) is 0 Å². The van der Waals surface area contributed by atoms with Gasteiger partial charge in [-0.05, 0) is 37.5 Å². The second-order valence-corrected chi connectivity index (χ2v) is 5.85. The van der Waals surface area contributed by atoms with Crippen LogP contribution in [0.5, 0.6) is 0 Å². The second-order valence-electron chi connectivity index (χ2n) is 5.85. The number of anilines is 2. The quantitative estimate of drug-likeness (QED) is 0.776. The molecule has 1 aliphatic rings. The van der Waals surface area contributed by atoms with Gasteiger partial charge in [0.25, 0.3) is 0 Å². The largest absolute Gasteiger partial charge is 0.465 e. The number of nitrogens with one attached hydrogen (secondary N) is 1. The first kappa shape index (κ1) is 18.1. The molecule has 132 valence electrons. The van der Waals surface area contributed by atoms with Crippen molar-refractivity contribution >= 4 is 23.4 Å². The first-order chi connectivity index (χ1) is 11.6. The summed E-state index contributed by atoms with van der Waals surface area (Å²) in [6, 6.07) is 4.94. The molecule has 0 radical (unpaired) electrons. The van der Waals surface area contributed by atoms with Crippen molar-refractivity contribution in [3.63, 3.8) is 0 Å². The highest BCUT2D eigenvalue weighted by molar-refractivity contribution is 5.97. The lowest BCUT2D eigenvalue weighted by Gasteiger charge is -2.24. The molecule has 1 aromatic carbocycles. The Morgan fingerprint density at radius 3 is 2.67 bits per heavy atom. The Kier molecular flexibility index (Phi) is 6.43. The summed E-state index contributed by atoms with van der Waals surface area (Å²) in [5, 5.41) is 11.8. The molecule has 1 heterocycles. The molecule has 1 fully saturated rings. The first-order valence-corrected chi connectivity index (χ1v) is 8.17. The number of carbonyl (C=O) groups excluding carboxylic acids is 2.